The Bertz CT molecular complexity index is 450. The topological polar surface area (TPSA) is 79.5 Å². The molecule has 0 saturated carbocycles. The molecule has 20 heavy (non-hydrogen) atoms. The van der Waals surface area contributed by atoms with Crippen LogP contribution in [0.4, 0.5) is 0 Å². The second-order valence-corrected chi connectivity index (χ2v) is 5.48. The highest BCUT2D eigenvalue weighted by Gasteiger charge is 2.27. The van der Waals surface area contributed by atoms with E-state index in [1.54, 1.807) is 6.07 Å². The van der Waals surface area contributed by atoms with E-state index in [1.165, 1.54) is 11.3 Å². The molecule has 6 nitrogen and oxygen atoms in total. The van der Waals surface area contributed by atoms with Gasteiger partial charge in [-0.15, -0.1) is 11.3 Å². The van der Waals surface area contributed by atoms with Crippen LogP contribution in [0, 0.1) is 0 Å². The number of morpholine rings is 1. The average Bonchev–Trinajstić information content (AvgIpc) is 2.98. The van der Waals surface area contributed by atoms with Gasteiger partial charge in [0.05, 0.1) is 17.6 Å². The number of amides is 2. The van der Waals surface area contributed by atoms with Crippen LogP contribution in [0.1, 0.15) is 16.6 Å². The molecule has 2 atom stereocenters. The summed E-state index contributed by atoms with van der Waals surface area (Å²) in [7, 11) is 0. The van der Waals surface area contributed by atoms with Crippen LogP contribution in [0.15, 0.2) is 17.5 Å². The van der Waals surface area contributed by atoms with E-state index in [2.05, 4.69) is 16.0 Å². The molecule has 110 valence electrons. The number of carbonyl (C=O) groups is 2. The van der Waals surface area contributed by atoms with Crippen molar-refractivity contribution in [2.45, 2.75) is 19.1 Å². The summed E-state index contributed by atoms with van der Waals surface area (Å²) in [6, 6.07) is 3.28. The lowest BCUT2D eigenvalue weighted by atomic mass is 10.1. The minimum atomic E-state index is -0.322. The van der Waals surface area contributed by atoms with Crippen molar-refractivity contribution in [3.8, 4) is 0 Å². The van der Waals surface area contributed by atoms with Gasteiger partial charge in [0.25, 0.3) is 5.91 Å². The summed E-state index contributed by atoms with van der Waals surface area (Å²) in [4.78, 5) is 24.2. The molecule has 0 aliphatic carbocycles. The highest BCUT2D eigenvalue weighted by molar-refractivity contribution is 7.12. The van der Waals surface area contributed by atoms with Gasteiger partial charge >= 0.3 is 0 Å². The normalized spacial score (nSPS) is 22.2. The molecule has 0 spiro atoms. The molecule has 0 radical (unpaired) electrons. The predicted octanol–water partition coefficient (Wildman–Crippen LogP) is -0.0290. The standard InChI is InChI=1S/C13H19N3O3S/c1-9-11(14-6-7-19-9)13(18)16-5-4-15-12(17)10-3-2-8-20-10/h2-3,8-9,11,14H,4-7H2,1H3,(H,15,17)(H,16,18)/t9-,11+/m1/s1. The zero-order valence-corrected chi connectivity index (χ0v) is 12.2. The number of hydrogen-bond acceptors (Lipinski definition) is 5. The summed E-state index contributed by atoms with van der Waals surface area (Å²) in [5, 5.41) is 10.5. The van der Waals surface area contributed by atoms with Crippen molar-refractivity contribution in [1.82, 2.24) is 16.0 Å². The lowest BCUT2D eigenvalue weighted by Crippen LogP contribution is -2.56. The summed E-state index contributed by atoms with van der Waals surface area (Å²) in [6.07, 6.45) is -0.135. The van der Waals surface area contributed by atoms with Gasteiger partial charge in [0.2, 0.25) is 5.91 Å². The molecule has 0 unspecified atom stereocenters. The molecule has 1 aliphatic rings. The summed E-state index contributed by atoms with van der Waals surface area (Å²) in [5.74, 6) is -0.204. The lowest BCUT2D eigenvalue weighted by molar-refractivity contribution is -0.128. The molecular formula is C13H19N3O3S. The van der Waals surface area contributed by atoms with Crippen LogP contribution in [0.25, 0.3) is 0 Å². The fourth-order valence-corrected chi connectivity index (χ4v) is 2.63. The third kappa shape index (κ3) is 4.03. The average molecular weight is 297 g/mol. The van der Waals surface area contributed by atoms with E-state index in [-0.39, 0.29) is 24.0 Å². The first kappa shape index (κ1) is 15.0. The van der Waals surface area contributed by atoms with Gasteiger partial charge in [-0.25, -0.2) is 0 Å². The van der Waals surface area contributed by atoms with E-state index in [0.29, 0.717) is 31.1 Å². The van der Waals surface area contributed by atoms with Crippen molar-refractivity contribution in [1.29, 1.82) is 0 Å². The summed E-state index contributed by atoms with van der Waals surface area (Å²) >= 11 is 1.39. The van der Waals surface area contributed by atoms with Crippen molar-refractivity contribution in [3.63, 3.8) is 0 Å². The maximum absolute atomic E-state index is 11.9. The van der Waals surface area contributed by atoms with Crippen LogP contribution in [0.3, 0.4) is 0 Å². The molecule has 2 heterocycles. The monoisotopic (exact) mass is 297 g/mol. The first-order valence-corrected chi connectivity index (χ1v) is 7.51. The van der Waals surface area contributed by atoms with Crippen LogP contribution in [0.2, 0.25) is 0 Å². The van der Waals surface area contributed by atoms with Gasteiger partial charge in [-0.3, -0.25) is 9.59 Å². The van der Waals surface area contributed by atoms with Crippen molar-refractivity contribution in [3.05, 3.63) is 22.4 Å². The predicted molar refractivity (Wildman–Crippen MR) is 76.9 cm³/mol. The molecule has 1 saturated heterocycles. The van der Waals surface area contributed by atoms with E-state index in [1.807, 2.05) is 18.4 Å². The highest BCUT2D eigenvalue weighted by Crippen LogP contribution is 2.07. The maximum Gasteiger partial charge on any atom is 0.261 e. The molecular weight excluding hydrogens is 278 g/mol. The molecule has 2 rings (SSSR count). The molecule has 1 aromatic heterocycles. The Morgan fingerprint density at radius 2 is 2.25 bits per heavy atom. The quantitative estimate of drug-likeness (QED) is 0.667. The van der Waals surface area contributed by atoms with Crippen LogP contribution in [-0.2, 0) is 9.53 Å². The minimum absolute atomic E-state index is 0.0948. The van der Waals surface area contributed by atoms with E-state index in [4.69, 9.17) is 4.74 Å². The van der Waals surface area contributed by atoms with E-state index in [0.717, 1.165) is 0 Å². The van der Waals surface area contributed by atoms with Crippen molar-refractivity contribution in [2.75, 3.05) is 26.2 Å². The zero-order chi connectivity index (χ0) is 14.4. The number of carbonyl (C=O) groups excluding carboxylic acids is 2. The van der Waals surface area contributed by atoms with Gasteiger partial charge in [0, 0.05) is 19.6 Å². The number of thiophene rings is 1. The summed E-state index contributed by atoms with van der Waals surface area (Å²) in [5.41, 5.74) is 0. The zero-order valence-electron chi connectivity index (χ0n) is 11.3. The van der Waals surface area contributed by atoms with Gasteiger partial charge in [0.1, 0.15) is 6.04 Å². The summed E-state index contributed by atoms with van der Waals surface area (Å²) < 4.78 is 5.41. The number of hydrogen-bond donors (Lipinski definition) is 3. The van der Waals surface area contributed by atoms with Crippen molar-refractivity contribution < 1.29 is 14.3 Å². The van der Waals surface area contributed by atoms with Gasteiger partial charge in [-0.2, -0.15) is 0 Å². The fourth-order valence-electron chi connectivity index (χ4n) is 1.99. The molecule has 1 aromatic rings. The highest BCUT2D eigenvalue weighted by atomic mass is 32.1. The van der Waals surface area contributed by atoms with E-state index in [9.17, 15) is 9.59 Å². The Kier molecular flexibility index (Phi) is 5.51. The third-order valence-electron chi connectivity index (χ3n) is 3.05. The Hall–Kier alpha value is -1.44. The van der Waals surface area contributed by atoms with E-state index >= 15 is 0 Å². The van der Waals surface area contributed by atoms with Crippen LogP contribution < -0.4 is 16.0 Å². The van der Waals surface area contributed by atoms with Gasteiger partial charge in [-0.1, -0.05) is 6.07 Å². The van der Waals surface area contributed by atoms with Gasteiger partial charge in [-0.05, 0) is 18.4 Å². The minimum Gasteiger partial charge on any atom is -0.375 e. The SMILES string of the molecule is C[C@H]1OCCN[C@@H]1C(=O)NCCNC(=O)c1cccs1. The van der Waals surface area contributed by atoms with E-state index < -0.39 is 0 Å². The Labute approximate surface area is 121 Å². The molecule has 1 aliphatic heterocycles. The Morgan fingerprint density at radius 1 is 1.45 bits per heavy atom. The van der Waals surface area contributed by atoms with Gasteiger partial charge < -0.3 is 20.7 Å². The Morgan fingerprint density at radius 3 is 2.95 bits per heavy atom. The summed E-state index contributed by atoms with van der Waals surface area (Å²) in [6.45, 7) is 3.99. The maximum atomic E-state index is 11.9. The molecule has 1 fully saturated rings. The number of rotatable bonds is 5. The molecule has 0 aromatic carbocycles. The Balaban J connectivity index is 1.65. The first-order chi connectivity index (χ1) is 9.68. The molecule has 0 bridgehead atoms. The molecule has 7 heteroatoms. The molecule has 2 amide bonds. The van der Waals surface area contributed by atoms with Gasteiger partial charge in [0.15, 0.2) is 0 Å². The largest absolute Gasteiger partial charge is 0.375 e. The lowest BCUT2D eigenvalue weighted by Gasteiger charge is -2.29. The fraction of sp³-hybridized carbons (Fsp3) is 0.538. The van der Waals surface area contributed by atoms with Crippen molar-refractivity contribution >= 4 is 23.2 Å². The number of ether oxygens (including phenoxy) is 1. The molecule has 3 N–H and O–H groups in total. The second-order valence-electron chi connectivity index (χ2n) is 4.53. The first-order valence-electron chi connectivity index (χ1n) is 6.63. The second kappa shape index (κ2) is 7.37. The third-order valence-corrected chi connectivity index (χ3v) is 3.92. The smallest absolute Gasteiger partial charge is 0.261 e. The van der Waals surface area contributed by atoms with Crippen LogP contribution in [0.5, 0.6) is 0 Å². The number of nitrogens with one attached hydrogen (secondary N) is 3. The van der Waals surface area contributed by atoms with Crippen molar-refractivity contribution in [2.24, 2.45) is 0 Å². The van der Waals surface area contributed by atoms with Crippen LogP contribution >= 0.6 is 11.3 Å². The van der Waals surface area contributed by atoms with Crippen LogP contribution in [-0.4, -0.2) is 50.2 Å².